The van der Waals surface area contributed by atoms with Crippen LogP contribution in [-0.4, -0.2) is 35.7 Å². The molecule has 0 bridgehead atoms. The van der Waals surface area contributed by atoms with Gasteiger partial charge in [-0.15, -0.1) is 11.3 Å². The maximum atomic E-state index is 11.7. The standard InChI is InChI=1S/C18H23NO4S/c1-12-15(18(21)22-2)10-14(23-12)11-19-7-3-5-13(19)9-16(20)17-6-4-8-24-17/h4,6,8,10,13,16,20H,3,5,7,9,11H2,1-2H3. The number of aliphatic hydroxyl groups excluding tert-OH is 1. The largest absolute Gasteiger partial charge is 0.465 e. The molecule has 0 aliphatic carbocycles. The Morgan fingerprint density at radius 1 is 1.58 bits per heavy atom. The molecule has 0 amide bonds. The van der Waals surface area contributed by atoms with E-state index in [1.807, 2.05) is 17.5 Å². The summed E-state index contributed by atoms with van der Waals surface area (Å²) in [6, 6.07) is 6.05. The van der Waals surface area contributed by atoms with Crippen LogP contribution in [-0.2, 0) is 11.3 Å². The summed E-state index contributed by atoms with van der Waals surface area (Å²) in [4.78, 5) is 15.0. The van der Waals surface area contributed by atoms with E-state index >= 15 is 0 Å². The molecule has 1 N–H and O–H groups in total. The molecule has 6 heteroatoms. The minimum atomic E-state index is -0.417. The molecule has 2 unspecified atom stereocenters. The molecule has 1 aliphatic heterocycles. The molecule has 0 spiro atoms. The second-order valence-corrected chi connectivity index (χ2v) is 7.19. The van der Waals surface area contributed by atoms with Crippen LogP contribution >= 0.6 is 11.3 Å². The monoisotopic (exact) mass is 349 g/mol. The highest BCUT2D eigenvalue weighted by molar-refractivity contribution is 7.10. The lowest BCUT2D eigenvalue weighted by Crippen LogP contribution is -2.30. The summed E-state index contributed by atoms with van der Waals surface area (Å²) < 4.78 is 10.5. The van der Waals surface area contributed by atoms with Gasteiger partial charge in [0.25, 0.3) is 0 Å². The molecular formula is C18H23NO4S. The number of likely N-dealkylation sites (tertiary alicyclic amines) is 1. The van der Waals surface area contributed by atoms with Crippen LogP contribution in [0.3, 0.4) is 0 Å². The van der Waals surface area contributed by atoms with Crippen LogP contribution in [0, 0.1) is 6.92 Å². The van der Waals surface area contributed by atoms with Crippen molar-refractivity contribution in [3.63, 3.8) is 0 Å². The predicted molar refractivity (Wildman–Crippen MR) is 92.1 cm³/mol. The van der Waals surface area contributed by atoms with Gasteiger partial charge in [0.05, 0.1) is 19.8 Å². The molecule has 1 aliphatic rings. The van der Waals surface area contributed by atoms with Gasteiger partial charge in [0.2, 0.25) is 0 Å². The molecule has 3 heterocycles. The zero-order valence-corrected chi connectivity index (χ0v) is 14.8. The average molecular weight is 349 g/mol. The fourth-order valence-electron chi connectivity index (χ4n) is 3.36. The summed E-state index contributed by atoms with van der Waals surface area (Å²) in [5, 5.41) is 12.4. The van der Waals surface area contributed by atoms with Gasteiger partial charge in [-0.05, 0) is 50.2 Å². The van der Waals surface area contributed by atoms with Gasteiger partial charge in [-0.2, -0.15) is 0 Å². The van der Waals surface area contributed by atoms with E-state index in [2.05, 4.69) is 4.90 Å². The molecule has 5 nitrogen and oxygen atoms in total. The molecular weight excluding hydrogens is 326 g/mol. The topological polar surface area (TPSA) is 62.9 Å². The van der Waals surface area contributed by atoms with Crippen LogP contribution in [0.2, 0.25) is 0 Å². The summed E-state index contributed by atoms with van der Waals surface area (Å²) in [5.41, 5.74) is 0.488. The number of rotatable bonds is 6. The normalized spacial score (nSPS) is 19.5. The summed E-state index contributed by atoms with van der Waals surface area (Å²) >= 11 is 1.59. The van der Waals surface area contributed by atoms with Gasteiger partial charge in [-0.25, -0.2) is 4.79 Å². The lowest BCUT2D eigenvalue weighted by molar-refractivity contribution is 0.0598. The van der Waals surface area contributed by atoms with Gasteiger partial charge >= 0.3 is 5.97 Å². The fraction of sp³-hybridized carbons (Fsp3) is 0.500. The maximum absolute atomic E-state index is 11.7. The predicted octanol–water partition coefficient (Wildman–Crippen LogP) is 3.52. The van der Waals surface area contributed by atoms with Crippen LogP contribution in [0.4, 0.5) is 0 Å². The number of carbonyl (C=O) groups excluding carboxylic acids is 1. The number of nitrogens with zero attached hydrogens (tertiary/aromatic N) is 1. The summed E-state index contributed by atoms with van der Waals surface area (Å²) in [7, 11) is 1.37. The number of aliphatic hydroxyl groups is 1. The zero-order valence-electron chi connectivity index (χ0n) is 14.0. The van der Waals surface area contributed by atoms with E-state index in [-0.39, 0.29) is 5.97 Å². The number of carbonyl (C=O) groups is 1. The number of hydrogen-bond acceptors (Lipinski definition) is 6. The number of ether oxygens (including phenoxy) is 1. The van der Waals surface area contributed by atoms with Gasteiger partial charge in [-0.1, -0.05) is 6.07 Å². The molecule has 24 heavy (non-hydrogen) atoms. The van der Waals surface area contributed by atoms with Crippen molar-refractivity contribution in [1.29, 1.82) is 0 Å². The van der Waals surface area contributed by atoms with E-state index in [1.165, 1.54) is 7.11 Å². The second-order valence-electron chi connectivity index (χ2n) is 6.21. The SMILES string of the molecule is COC(=O)c1cc(CN2CCCC2CC(O)c2cccs2)oc1C. The number of furan rings is 1. The quantitative estimate of drug-likeness (QED) is 0.809. The number of esters is 1. The molecule has 1 saturated heterocycles. The first kappa shape index (κ1) is 17.2. The highest BCUT2D eigenvalue weighted by atomic mass is 32.1. The Hall–Kier alpha value is -1.63. The molecule has 130 valence electrons. The average Bonchev–Trinajstić information content (AvgIpc) is 3.29. The number of hydrogen-bond donors (Lipinski definition) is 1. The molecule has 1 fully saturated rings. The van der Waals surface area contributed by atoms with E-state index in [0.717, 1.165) is 36.4 Å². The third kappa shape index (κ3) is 3.71. The highest BCUT2D eigenvalue weighted by Crippen LogP contribution is 2.31. The molecule has 2 aromatic heterocycles. The molecule has 0 saturated carbocycles. The molecule has 2 aromatic rings. The van der Waals surface area contributed by atoms with E-state index in [0.29, 0.717) is 23.9 Å². The van der Waals surface area contributed by atoms with Crippen molar-refractivity contribution in [3.8, 4) is 0 Å². The lowest BCUT2D eigenvalue weighted by atomic mass is 10.1. The fourth-order valence-corrected chi connectivity index (χ4v) is 4.08. The number of thiophene rings is 1. The molecule has 3 rings (SSSR count). The Morgan fingerprint density at radius 2 is 2.42 bits per heavy atom. The van der Waals surface area contributed by atoms with Crippen molar-refractivity contribution in [2.24, 2.45) is 0 Å². The molecule has 0 radical (unpaired) electrons. The van der Waals surface area contributed by atoms with Gasteiger partial charge in [0, 0.05) is 10.9 Å². The number of methoxy groups -OCH3 is 1. The summed E-state index contributed by atoms with van der Waals surface area (Å²) in [5.74, 6) is 0.991. The van der Waals surface area contributed by atoms with Crippen molar-refractivity contribution in [2.75, 3.05) is 13.7 Å². The Labute approximate surface area is 145 Å². The first-order chi connectivity index (χ1) is 11.6. The van der Waals surface area contributed by atoms with Gasteiger partial charge < -0.3 is 14.3 Å². The van der Waals surface area contributed by atoms with E-state index in [9.17, 15) is 9.90 Å². The van der Waals surface area contributed by atoms with Gasteiger partial charge in [-0.3, -0.25) is 4.90 Å². The van der Waals surface area contributed by atoms with Gasteiger partial charge in [0.15, 0.2) is 0 Å². The highest BCUT2D eigenvalue weighted by Gasteiger charge is 2.28. The van der Waals surface area contributed by atoms with Crippen LogP contribution in [0.1, 0.15) is 52.1 Å². The maximum Gasteiger partial charge on any atom is 0.341 e. The van der Waals surface area contributed by atoms with Crippen molar-refractivity contribution in [3.05, 3.63) is 45.5 Å². The molecule has 0 aromatic carbocycles. The van der Waals surface area contributed by atoms with E-state index in [4.69, 9.17) is 9.15 Å². The van der Waals surface area contributed by atoms with Crippen LogP contribution in [0.25, 0.3) is 0 Å². The Bertz CT molecular complexity index is 679. The minimum Gasteiger partial charge on any atom is -0.465 e. The van der Waals surface area contributed by atoms with Gasteiger partial charge in [0.1, 0.15) is 17.1 Å². The van der Waals surface area contributed by atoms with Crippen molar-refractivity contribution >= 4 is 17.3 Å². The lowest BCUT2D eigenvalue weighted by Gasteiger charge is -2.25. The number of aryl methyl sites for hydroxylation is 1. The second kappa shape index (κ2) is 7.51. The smallest absolute Gasteiger partial charge is 0.341 e. The van der Waals surface area contributed by atoms with Crippen LogP contribution in [0.5, 0.6) is 0 Å². The summed E-state index contributed by atoms with van der Waals surface area (Å²) in [6.45, 7) is 3.41. The minimum absolute atomic E-state index is 0.328. The van der Waals surface area contributed by atoms with Crippen LogP contribution < -0.4 is 0 Å². The van der Waals surface area contributed by atoms with Crippen molar-refractivity contribution < 1.29 is 19.1 Å². The third-order valence-electron chi connectivity index (χ3n) is 4.60. The van der Waals surface area contributed by atoms with Crippen molar-refractivity contribution in [2.45, 2.75) is 44.9 Å². The van der Waals surface area contributed by atoms with E-state index < -0.39 is 6.10 Å². The summed E-state index contributed by atoms with van der Waals surface area (Å²) in [6.07, 6.45) is 2.50. The first-order valence-electron chi connectivity index (χ1n) is 8.21. The zero-order chi connectivity index (χ0) is 17.1. The van der Waals surface area contributed by atoms with Crippen LogP contribution in [0.15, 0.2) is 28.0 Å². The Kier molecular flexibility index (Phi) is 5.38. The molecule has 2 atom stereocenters. The third-order valence-corrected chi connectivity index (χ3v) is 5.57. The van der Waals surface area contributed by atoms with Crippen molar-refractivity contribution in [1.82, 2.24) is 4.90 Å². The Morgan fingerprint density at radius 3 is 3.12 bits per heavy atom. The first-order valence-corrected chi connectivity index (χ1v) is 9.09. The van der Waals surface area contributed by atoms with E-state index in [1.54, 1.807) is 24.3 Å². The Balaban J connectivity index is 1.65.